The van der Waals surface area contributed by atoms with Gasteiger partial charge in [-0.3, -0.25) is 19.3 Å². The van der Waals surface area contributed by atoms with E-state index in [-0.39, 0.29) is 29.5 Å². The Morgan fingerprint density at radius 1 is 1.20 bits per heavy atom. The third-order valence-electron chi connectivity index (χ3n) is 8.35. The van der Waals surface area contributed by atoms with Gasteiger partial charge in [0.15, 0.2) is 11.4 Å². The van der Waals surface area contributed by atoms with Crippen LogP contribution in [0.4, 0.5) is 18.9 Å². The number of fused-ring (bicyclic) bond motifs is 3. The summed E-state index contributed by atoms with van der Waals surface area (Å²) in [7, 11) is 6.38. The van der Waals surface area contributed by atoms with Crippen molar-refractivity contribution in [3.05, 3.63) is 45.4 Å². The lowest BCUT2D eigenvalue weighted by molar-refractivity contribution is -0.152. The number of phenolic OH excluding ortho intramolecular Hbond substituents is 1. The van der Waals surface area contributed by atoms with Crippen LogP contribution in [0, 0.1) is 11.8 Å². The average molecular weight is 583 g/mol. The Bertz CT molecular complexity index is 1400. The Labute approximate surface area is 233 Å². The summed E-state index contributed by atoms with van der Waals surface area (Å²) < 4.78 is 39.2. The van der Waals surface area contributed by atoms with Crippen molar-refractivity contribution < 1.29 is 48.0 Å². The van der Waals surface area contributed by atoms with Gasteiger partial charge in [-0.25, -0.2) is 0 Å². The molecule has 0 aliphatic heterocycles. The number of nitrogens with one attached hydrogen (secondary N) is 1. The third kappa shape index (κ3) is 4.53. The van der Waals surface area contributed by atoms with E-state index >= 15 is 0 Å². The number of nitrogens with zero attached hydrogens (tertiary/aromatic N) is 2. The van der Waals surface area contributed by atoms with Gasteiger partial charge in [0.25, 0.3) is 5.91 Å². The van der Waals surface area contributed by atoms with Gasteiger partial charge in [0.2, 0.25) is 5.78 Å². The summed E-state index contributed by atoms with van der Waals surface area (Å²) in [5, 5.41) is 47.3. The molecule has 41 heavy (non-hydrogen) atoms. The number of carbonyl (C=O) groups excluding carboxylic acids is 3. The summed E-state index contributed by atoms with van der Waals surface area (Å²) in [5.41, 5.74) is 1.83. The number of primary amides is 1. The van der Waals surface area contributed by atoms with Crippen molar-refractivity contribution >= 4 is 23.2 Å². The van der Waals surface area contributed by atoms with E-state index in [4.69, 9.17) is 5.73 Å². The third-order valence-corrected chi connectivity index (χ3v) is 8.35. The molecule has 1 amide bonds. The molecule has 5 atom stereocenters. The fraction of sp³-hybridized carbons (Fsp3) is 0.519. The summed E-state index contributed by atoms with van der Waals surface area (Å²) in [5.74, 6) is -7.82. The summed E-state index contributed by atoms with van der Waals surface area (Å²) >= 11 is 0. The molecule has 1 unspecified atom stereocenters. The molecule has 4 rings (SSSR count). The zero-order valence-corrected chi connectivity index (χ0v) is 23.1. The number of likely N-dealkylation sites (N-methyl/N-ethyl adjacent to an activating group) is 1. The van der Waals surface area contributed by atoms with E-state index in [0.29, 0.717) is 11.3 Å². The molecule has 0 fully saturated rings. The van der Waals surface area contributed by atoms with Crippen molar-refractivity contribution in [3.8, 4) is 5.75 Å². The van der Waals surface area contributed by atoms with Crippen molar-refractivity contribution in [3.63, 3.8) is 0 Å². The van der Waals surface area contributed by atoms with Crippen molar-refractivity contribution in [1.29, 1.82) is 0 Å². The molecule has 0 spiro atoms. The zero-order chi connectivity index (χ0) is 30.9. The number of carbonyl (C=O) groups is 3. The van der Waals surface area contributed by atoms with Gasteiger partial charge in [-0.1, -0.05) is 0 Å². The number of Topliss-reactive ketones (excluding diaryl/α,β-unsaturated/α-hetero) is 2. The van der Waals surface area contributed by atoms with E-state index in [1.54, 1.807) is 19.0 Å². The topological polar surface area (TPSA) is 177 Å². The first kappa shape index (κ1) is 30.3. The van der Waals surface area contributed by atoms with E-state index in [1.807, 2.05) is 0 Å². The highest BCUT2D eigenvalue weighted by Crippen LogP contribution is 2.53. The molecule has 14 heteroatoms. The molecule has 1 aromatic carbocycles. The highest BCUT2D eigenvalue weighted by atomic mass is 19.4. The Balaban J connectivity index is 1.90. The second-order valence-corrected chi connectivity index (χ2v) is 11.3. The number of amides is 1. The van der Waals surface area contributed by atoms with Crippen LogP contribution in [0.15, 0.2) is 28.7 Å². The predicted octanol–water partition coefficient (Wildman–Crippen LogP) is 1.23. The SMILES string of the molecule is CC(NCc1cc(N(C)C)c2c(c1O)C(=O)C1=C(O)[C@]3(O)C(=O)C(C(N)=O)=C(O)[C@@H](N(C)C)[C@@H]3C[C@@H]1C2)C(F)(F)F. The number of allylic oxidation sites excluding steroid dienone is 1. The second-order valence-electron chi connectivity index (χ2n) is 11.3. The quantitative estimate of drug-likeness (QED) is 0.268. The molecule has 7 N–H and O–H groups in total. The monoisotopic (exact) mass is 582 g/mol. The number of ketones is 2. The Morgan fingerprint density at radius 2 is 1.80 bits per heavy atom. The number of aliphatic hydroxyl groups is 3. The van der Waals surface area contributed by atoms with Gasteiger partial charge in [0, 0.05) is 43.4 Å². The van der Waals surface area contributed by atoms with Gasteiger partial charge < -0.3 is 36.4 Å². The van der Waals surface area contributed by atoms with Crippen LogP contribution in [0.25, 0.3) is 0 Å². The Hall–Kier alpha value is -3.62. The lowest BCUT2D eigenvalue weighted by Gasteiger charge is -2.50. The minimum atomic E-state index is -4.55. The summed E-state index contributed by atoms with van der Waals surface area (Å²) in [6.07, 6.45) is -4.57. The first-order valence-corrected chi connectivity index (χ1v) is 12.8. The number of benzene rings is 1. The molecule has 3 aliphatic rings. The van der Waals surface area contributed by atoms with Crippen molar-refractivity contribution in [1.82, 2.24) is 10.2 Å². The fourth-order valence-electron chi connectivity index (χ4n) is 6.27. The van der Waals surface area contributed by atoms with Gasteiger partial charge >= 0.3 is 6.18 Å². The molecular weight excluding hydrogens is 549 g/mol. The van der Waals surface area contributed by atoms with Gasteiger partial charge in [-0.05, 0) is 51.4 Å². The van der Waals surface area contributed by atoms with E-state index in [0.717, 1.165) is 6.92 Å². The standard InChI is InChI=1S/C27H33F3N4O7/c1-10(27(28,29)30)32-9-12-8-15(33(2)3)13-6-11-7-14-19(34(4)5)22(37)18(25(31)40)24(39)26(14,41)23(38)16(11)21(36)17(13)20(12)35/h8,10-11,14,19,32,35,37-38,41H,6-7,9H2,1-5H3,(H2,31,40)/t10?,11-,14-,19-,26-/m0/s1. The Kier molecular flexibility index (Phi) is 7.42. The largest absolute Gasteiger partial charge is 0.510 e. The number of rotatable bonds is 6. The zero-order valence-electron chi connectivity index (χ0n) is 23.1. The normalized spacial score (nSPS) is 27.0. The molecule has 224 valence electrons. The van der Waals surface area contributed by atoms with E-state index < -0.39 is 82.6 Å². The maximum Gasteiger partial charge on any atom is 0.403 e. The second kappa shape index (κ2) is 10.0. The molecule has 1 aromatic rings. The van der Waals surface area contributed by atoms with Gasteiger partial charge in [-0.2, -0.15) is 13.2 Å². The number of phenols is 1. The number of aromatic hydroxyl groups is 1. The number of alkyl halides is 3. The van der Waals surface area contributed by atoms with E-state index in [2.05, 4.69) is 5.32 Å². The van der Waals surface area contributed by atoms with Crippen LogP contribution in [0.1, 0.15) is 34.8 Å². The van der Waals surface area contributed by atoms with Crippen molar-refractivity contribution in [2.75, 3.05) is 33.1 Å². The number of nitrogens with two attached hydrogens (primary N) is 1. The summed E-state index contributed by atoms with van der Waals surface area (Å²) in [6, 6.07) is -1.56. The first-order valence-electron chi connectivity index (χ1n) is 12.8. The van der Waals surface area contributed by atoms with Crippen LogP contribution < -0.4 is 16.0 Å². The van der Waals surface area contributed by atoms with Crippen LogP contribution in [-0.2, 0) is 22.6 Å². The molecule has 0 bridgehead atoms. The van der Waals surface area contributed by atoms with Crippen LogP contribution in [0.5, 0.6) is 5.75 Å². The molecular formula is C27H33F3N4O7. The van der Waals surface area contributed by atoms with Crippen LogP contribution in [0.3, 0.4) is 0 Å². The van der Waals surface area contributed by atoms with Crippen LogP contribution in [-0.4, -0.2) is 94.9 Å². The van der Waals surface area contributed by atoms with Crippen LogP contribution in [0.2, 0.25) is 0 Å². The number of aliphatic hydroxyl groups excluding tert-OH is 2. The van der Waals surface area contributed by atoms with Gasteiger partial charge in [-0.15, -0.1) is 0 Å². The number of halogens is 3. The minimum Gasteiger partial charge on any atom is -0.510 e. The maximum absolute atomic E-state index is 13.9. The molecule has 0 radical (unpaired) electrons. The number of hydrogen-bond acceptors (Lipinski definition) is 10. The maximum atomic E-state index is 13.9. The molecule has 0 saturated carbocycles. The lowest BCUT2D eigenvalue weighted by atomic mass is 9.58. The highest BCUT2D eigenvalue weighted by molar-refractivity contribution is 6.24. The molecule has 11 nitrogen and oxygen atoms in total. The Morgan fingerprint density at radius 3 is 2.32 bits per heavy atom. The van der Waals surface area contributed by atoms with Gasteiger partial charge in [0.1, 0.15) is 28.9 Å². The number of hydrogen-bond donors (Lipinski definition) is 6. The number of anilines is 1. The van der Waals surface area contributed by atoms with E-state index in [1.165, 1.54) is 25.1 Å². The minimum absolute atomic E-state index is 0.00637. The molecule has 3 aliphatic carbocycles. The average Bonchev–Trinajstić information content (AvgIpc) is 2.84. The molecule has 0 heterocycles. The van der Waals surface area contributed by atoms with Crippen molar-refractivity contribution in [2.24, 2.45) is 17.6 Å². The van der Waals surface area contributed by atoms with Gasteiger partial charge in [0.05, 0.1) is 11.6 Å². The van der Waals surface area contributed by atoms with Crippen molar-refractivity contribution in [2.45, 2.75) is 50.2 Å². The summed E-state index contributed by atoms with van der Waals surface area (Å²) in [6.45, 7) is 0.470. The lowest BCUT2D eigenvalue weighted by Crippen LogP contribution is -2.63. The summed E-state index contributed by atoms with van der Waals surface area (Å²) in [4.78, 5) is 42.5. The van der Waals surface area contributed by atoms with E-state index in [9.17, 15) is 48.0 Å². The first-order chi connectivity index (χ1) is 18.8. The fourth-order valence-corrected chi connectivity index (χ4v) is 6.27. The molecule has 0 saturated heterocycles. The smallest absolute Gasteiger partial charge is 0.403 e. The predicted molar refractivity (Wildman–Crippen MR) is 140 cm³/mol. The molecule has 0 aromatic heterocycles. The highest BCUT2D eigenvalue weighted by Gasteiger charge is 2.63. The van der Waals surface area contributed by atoms with Crippen LogP contribution >= 0.6 is 0 Å².